The van der Waals surface area contributed by atoms with Crippen molar-refractivity contribution in [2.24, 2.45) is 0 Å². The number of hydrogen-bond donors (Lipinski definition) is 1. The predicted molar refractivity (Wildman–Crippen MR) is 74.7 cm³/mol. The van der Waals surface area contributed by atoms with Crippen LogP contribution >= 0.6 is 0 Å². The lowest BCUT2D eigenvalue weighted by atomic mass is 10.2. The van der Waals surface area contributed by atoms with Crippen molar-refractivity contribution in [3.8, 4) is 0 Å². The number of carbonyl (C=O) groups excluding carboxylic acids is 3. The highest BCUT2D eigenvalue weighted by Crippen LogP contribution is 2.14. The maximum absolute atomic E-state index is 10.9. The Labute approximate surface area is 128 Å². The lowest BCUT2D eigenvalue weighted by Crippen LogP contribution is -2.18. The Kier molecular flexibility index (Phi) is 9.04. The lowest BCUT2D eigenvalue weighted by molar-refractivity contribution is -0.150. The third-order valence-corrected chi connectivity index (χ3v) is 2.89. The fourth-order valence-corrected chi connectivity index (χ4v) is 1.70. The topological polar surface area (TPSA) is 131 Å². The van der Waals surface area contributed by atoms with Crippen LogP contribution in [-0.4, -0.2) is 53.9 Å². The highest BCUT2D eigenvalue weighted by Gasteiger charge is 2.24. The minimum atomic E-state index is -0.442. The van der Waals surface area contributed by atoms with Gasteiger partial charge in [-0.1, -0.05) is 6.58 Å². The second kappa shape index (κ2) is 9.91. The molecule has 2 aliphatic heterocycles. The number of carbonyl (C=O) groups is 3. The standard InChI is InChI=1S/C9H12O4.C5H8O3.H2O/c1-6(2)9(11)12-5-7-3-4-8(10)13-7;6-3-4-1-2-5(7)8-4;/h7H,1,3-5H2,2H3;4,6H,1-3H2;1H2. The van der Waals surface area contributed by atoms with Gasteiger partial charge in [0.15, 0.2) is 0 Å². The molecule has 8 heteroatoms. The van der Waals surface area contributed by atoms with E-state index in [1.807, 2.05) is 0 Å². The van der Waals surface area contributed by atoms with Crippen molar-refractivity contribution in [1.82, 2.24) is 0 Å². The van der Waals surface area contributed by atoms with E-state index in [1.165, 1.54) is 0 Å². The van der Waals surface area contributed by atoms with Gasteiger partial charge in [-0.15, -0.1) is 0 Å². The van der Waals surface area contributed by atoms with Crippen molar-refractivity contribution in [3.63, 3.8) is 0 Å². The van der Waals surface area contributed by atoms with Gasteiger partial charge in [-0.2, -0.15) is 0 Å². The number of rotatable bonds is 4. The summed E-state index contributed by atoms with van der Waals surface area (Å²) in [5, 5.41) is 8.41. The quantitative estimate of drug-likeness (QED) is 0.426. The summed E-state index contributed by atoms with van der Waals surface area (Å²) in [6.07, 6.45) is 1.69. The minimum absolute atomic E-state index is 0. The molecular formula is C14H22O8. The Morgan fingerprint density at radius 1 is 1.23 bits per heavy atom. The first-order valence-corrected chi connectivity index (χ1v) is 6.74. The highest BCUT2D eigenvalue weighted by molar-refractivity contribution is 5.86. The second-order valence-electron chi connectivity index (χ2n) is 4.86. The summed E-state index contributed by atoms with van der Waals surface area (Å²) >= 11 is 0. The van der Waals surface area contributed by atoms with Gasteiger partial charge in [0.2, 0.25) is 0 Å². The molecule has 2 saturated heterocycles. The SMILES string of the molecule is C=C(C)C(=O)OCC1CCC(=O)O1.O.O=C1CCC(CO)O1. The van der Waals surface area contributed by atoms with Crippen LogP contribution in [0.2, 0.25) is 0 Å². The molecule has 0 bridgehead atoms. The molecule has 0 radical (unpaired) electrons. The first-order valence-electron chi connectivity index (χ1n) is 6.74. The van der Waals surface area contributed by atoms with Gasteiger partial charge in [0.25, 0.3) is 0 Å². The summed E-state index contributed by atoms with van der Waals surface area (Å²) in [6, 6.07) is 0. The summed E-state index contributed by atoms with van der Waals surface area (Å²) in [5.41, 5.74) is 0.351. The van der Waals surface area contributed by atoms with Crippen LogP contribution in [0.4, 0.5) is 0 Å². The normalized spacial score (nSPS) is 22.6. The summed E-state index contributed by atoms with van der Waals surface area (Å²) in [7, 11) is 0. The van der Waals surface area contributed by atoms with Crippen LogP contribution in [-0.2, 0) is 28.6 Å². The van der Waals surface area contributed by atoms with Crippen LogP contribution in [0, 0.1) is 0 Å². The molecule has 126 valence electrons. The molecule has 3 N–H and O–H groups in total. The van der Waals surface area contributed by atoms with E-state index in [4.69, 9.17) is 14.6 Å². The third-order valence-electron chi connectivity index (χ3n) is 2.89. The van der Waals surface area contributed by atoms with Gasteiger partial charge < -0.3 is 24.8 Å². The molecule has 2 rings (SSSR count). The van der Waals surface area contributed by atoms with Crippen molar-refractivity contribution in [3.05, 3.63) is 12.2 Å². The van der Waals surface area contributed by atoms with E-state index in [-0.39, 0.29) is 42.8 Å². The number of hydrogen-bond acceptors (Lipinski definition) is 7. The fourth-order valence-electron chi connectivity index (χ4n) is 1.70. The third kappa shape index (κ3) is 7.19. The smallest absolute Gasteiger partial charge is 0.333 e. The van der Waals surface area contributed by atoms with Gasteiger partial charge >= 0.3 is 17.9 Å². The second-order valence-corrected chi connectivity index (χ2v) is 4.86. The predicted octanol–water partition coefficient (Wildman–Crippen LogP) is -0.329. The molecule has 2 heterocycles. The van der Waals surface area contributed by atoms with E-state index in [9.17, 15) is 14.4 Å². The number of aliphatic hydroxyl groups is 1. The molecular weight excluding hydrogens is 296 g/mol. The Bertz CT molecular complexity index is 417. The van der Waals surface area contributed by atoms with E-state index in [0.717, 1.165) is 0 Å². The molecule has 2 fully saturated rings. The lowest BCUT2D eigenvalue weighted by Gasteiger charge is -2.09. The Morgan fingerprint density at radius 2 is 1.73 bits per heavy atom. The molecule has 2 aliphatic rings. The van der Waals surface area contributed by atoms with E-state index in [1.54, 1.807) is 6.92 Å². The van der Waals surface area contributed by atoms with E-state index < -0.39 is 5.97 Å². The van der Waals surface area contributed by atoms with Crippen molar-refractivity contribution in [2.75, 3.05) is 13.2 Å². The first kappa shape index (κ1) is 20.1. The maximum atomic E-state index is 10.9. The fraction of sp³-hybridized carbons (Fsp3) is 0.643. The van der Waals surface area contributed by atoms with Crippen LogP contribution < -0.4 is 0 Å². The number of ether oxygens (including phenoxy) is 3. The molecule has 0 spiro atoms. The van der Waals surface area contributed by atoms with Gasteiger partial charge in [-0.05, 0) is 19.8 Å². The molecule has 2 atom stereocenters. The Hall–Kier alpha value is -1.93. The molecule has 2 unspecified atom stereocenters. The number of aliphatic hydroxyl groups excluding tert-OH is 1. The largest absolute Gasteiger partial charge is 0.460 e. The Balaban J connectivity index is 0.000000423. The van der Waals surface area contributed by atoms with Crippen LogP contribution in [0.5, 0.6) is 0 Å². The van der Waals surface area contributed by atoms with Crippen LogP contribution in [0.15, 0.2) is 12.2 Å². The first-order chi connectivity index (χ1) is 9.92. The van der Waals surface area contributed by atoms with E-state index >= 15 is 0 Å². The molecule has 0 aliphatic carbocycles. The number of cyclic esters (lactones) is 2. The van der Waals surface area contributed by atoms with Crippen molar-refractivity contribution >= 4 is 17.9 Å². The van der Waals surface area contributed by atoms with Gasteiger partial charge in [0, 0.05) is 18.4 Å². The summed E-state index contributed by atoms with van der Waals surface area (Å²) in [5.74, 6) is -0.858. The molecule has 0 aromatic carbocycles. The molecule has 22 heavy (non-hydrogen) atoms. The zero-order valence-corrected chi connectivity index (χ0v) is 12.5. The molecule has 0 saturated carbocycles. The maximum Gasteiger partial charge on any atom is 0.333 e. The van der Waals surface area contributed by atoms with Crippen LogP contribution in [0.3, 0.4) is 0 Å². The van der Waals surface area contributed by atoms with Crippen molar-refractivity contribution < 1.29 is 39.2 Å². The minimum Gasteiger partial charge on any atom is -0.460 e. The highest BCUT2D eigenvalue weighted by atomic mass is 16.6. The average molecular weight is 318 g/mol. The van der Waals surface area contributed by atoms with Gasteiger partial charge in [-0.3, -0.25) is 9.59 Å². The number of esters is 3. The van der Waals surface area contributed by atoms with E-state index in [0.29, 0.717) is 31.3 Å². The van der Waals surface area contributed by atoms with Gasteiger partial charge in [0.1, 0.15) is 18.8 Å². The zero-order valence-electron chi connectivity index (χ0n) is 12.5. The zero-order chi connectivity index (χ0) is 15.8. The molecule has 8 nitrogen and oxygen atoms in total. The molecule has 0 aromatic rings. The van der Waals surface area contributed by atoms with Gasteiger partial charge in [-0.25, -0.2) is 4.79 Å². The van der Waals surface area contributed by atoms with E-state index in [2.05, 4.69) is 11.3 Å². The van der Waals surface area contributed by atoms with Gasteiger partial charge in [0.05, 0.1) is 6.61 Å². The summed E-state index contributed by atoms with van der Waals surface area (Å²) in [6.45, 7) is 5.11. The average Bonchev–Trinajstić information content (AvgIpc) is 3.05. The monoisotopic (exact) mass is 318 g/mol. The van der Waals surface area contributed by atoms with Crippen molar-refractivity contribution in [2.45, 2.75) is 44.8 Å². The Morgan fingerprint density at radius 3 is 2.05 bits per heavy atom. The molecule has 0 aromatic heterocycles. The molecule has 0 amide bonds. The van der Waals surface area contributed by atoms with Crippen LogP contribution in [0.25, 0.3) is 0 Å². The van der Waals surface area contributed by atoms with Crippen LogP contribution in [0.1, 0.15) is 32.6 Å². The van der Waals surface area contributed by atoms with Crippen molar-refractivity contribution in [1.29, 1.82) is 0 Å². The summed E-state index contributed by atoms with van der Waals surface area (Å²) < 4.78 is 14.3. The summed E-state index contributed by atoms with van der Waals surface area (Å²) in [4.78, 5) is 31.8.